The quantitative estimate of drug-likeness (QED) is 0.669. The summed E-state index contributed by atoms with van der Waals surface area (Å²) in [5, 5.41) is 9.05. The minimum atomic E-state index is -0.377. The first kappa shape index (κ1) is 17.2. The van der Waals surface area contributed by atoms with Gasteiger partial charge in [0.15, 0.2) is 5.82 Å². The number of halogens is 1. The standard InChI is InChI=1S/C21H21FN2OS/c22-20-15(16-13-26-19-11-4-3-7-14(16)19)8-6-10-17(20)24-21(25)18-9-2-1-5-12-23-18/h3-4,6-8,10-11,13,18,23H,1-2,5,9,12H2,(H,24,25). The first-order valence-corrected chi connectivity index (χ1v) is 9.91. The predicted molar refractivity (Wildman–Crippen MR) is 106 cm³/mol. The SMILES string of the molecule is O=C(Nc1cccc(-c2csc3ccccc23)c1F)C1CCCCCN1. The van der Waals surface area contributed by atoms with Crippen molar-refractivity contribution in [1.29, 1.82) is 0 Å². The fraction of sp³-hybridized carbons (Fsp3) is 0.286. The molecular formula is C21H21FN2OS. The van der Waals surface area contributed by atoms with Crippen LogP contribution in [0.4, 0.5) is 10.1 Å². The number of hydrogen-bond donors (Lipinski definition) is 2. The summed E-state index contributed by atoms with van der Waals surface area (Å²) in [6.07, 6.45) is 4.03. The van der Waals surface area contributed by atoms with Gasteiger partial charge in [0.05, 0.1) is 11.7 Å². The van der Waals surface area contributed by atoms with Crippen molar-refractivity contribution < 1.29 is 9.18 Å². The van der Waals surface area contributed by atoms with Gasteiger partial charge in [-0.3, -0.25) is 4.79 Å². The average molecular weight is 368 g/mol. The molecule has 1 unspecified atom stereocenters. The third kappa shape index (κ3) is 3.37. The lowest BCUT2D eigenvalue weighted by molar-refractivity contribution is -0.118. The molecule has 26 heavy (non-hydrogen) atoms. The third-order valence-electron chi connectivity index (χ3n) is 4.90. The van der Waals surface area contributed by atoms with E-state index in [0.717, 1.165) is 47.9 Å². The summed E-state index contributed by atoms with van der Waals surface area (Å²) in [5.74, 6) is -0.531. The predicted octanol–water partition coefficient (Wildman–Crippen LogP) is 5.18. The zero-order valence-corrected chi connectivity index (χ0v) is 15.2. The smallest absolute Gasteiger partial charge is 0.241 e. The molecule has 1 saturated heterocycles. The van der Waals surface area contributed by atoms with Crippen LogP contribution in [0.3, 0.4) is 0 Å². The van der Waals surface area contributed by atoms with Crippen molar-refractivity contribution in [2.45, 2.75) is 31.7 Å². The minimum Gasteiger partial charge on any atom is -0.322 e. The number of hydrogen-bond acceptors (Lipinski definition) is 3. The fourth-order valence-electron chi connectivity index (χ4n) is 3.50. The van der Waals surface area contributed by atoms with Crippen molar-refractivity contribution in [3.63, 3.8) is 0 Å². The zero-order chi connectivity index (χ0) is 17.9. The van der Waals surface area contributed by atoms with Gasteiger partial charge in [-0.05, 0) is 36.9 Å². The molecular weight excluding hydrogens is 347 g/mol. The average Bonchev–Trinajstić information content (AvgIpc) is 2.88. The van der Waals surface area contributed by atoms with Crippen LogP contribution in [0.1, 0.15) is 25.7 Å². The summed E-state index contributed by atoms with van der Waals surface area (Å²) in [6.45, 7) is 0.835. The van der Waals surface area contributed by atoms with Crippen LogP contribution in [0.5, 0.6) is 0 Å². The van der Waals surface area contributed by atoms with Crippen LogP contribution in [0, 0.1) is 5.82 Å². The van der Waals surface area contributed by atoms with Crippen LogP contribution in [0.2, 0.25) is 0 Å². The van der Waals surface area contributed by atoms with Crippen molar-refractivity contribution in [2.75, 3.05) is 11.9 Å². The van der Waals surface area contributed by atoms with E-state index in [0.29, 0.717) is 5.56 Å². The summed E-state index contributed by atoms with van der Waals surface area (Å²) < 4.78 is 16.3. The first-order valence-electron chi connectivity index (χ1n) is 9.03. The van der Waals surface area contributed by atoms with E-state index >= 15 is 4.39 Å². The summed E-state index contributed by atoms with van der Waals surface area (Å²) >= 11 is 1.60. The fourth-order valence-corrected chi connectivity index (χ4v) is 4.46. The number of rotatable bonds is 3. The third-order valence-corrected chi connectivity index (χ3v) is 5.87. The summed E-state index contributed by atoms with van der Waals surface area (Å²) in [6, 6.07) is 12.9. The van der Waals surface area contributed by atoms with Crippen LogP contribution in [0.25, 0.3) is 21.2 Å². The van der Waals surface area contributed by atoms with E-state index in [9.17, 15) is 4.79 Å². The monoisotopic (exact) mass is 368 g/mol. The molecule has 1 aromatic heterocycles. The molecule has 1 amide bonds. The van der Waals surface area contributed by atoms with Gasteiger partial charge in [0.1, 0.15) is 0 Å². The number of carbonyl (C=O) groups is 1. The van der Waals surface area contributed by atoms with E-state index < -0.39 is 0 Å². The lowest BCUT2D eigenvalue weighted by atomic mass is 10.0. The molecule has 3 aromatic rings. The molecule has 5 heteroatoms. The molecule has 0 saturated carbocycles. The highest BCUT2D eigenvalue weighted by atomic mass is 32.1. The van der Waals surface area contributed by atoms with E-state index in [1.807, 2.05) is 29.6 Å². The van der Waals surface area contributed by atoms with E-state index in [4.69, 9.17) is 0 Å². The number of benzene rings is 2. The van der Waals surface area contributed by atoms with Crippen molar-refractivity contribution in [2.24, 2.45) is 0 Å². The Labute approximate surface area is 156 Å². The number of carbonyl (C=O) groups excluding carboxylic acids is 1. The van der Waals surface area contributed by atoms with Gasteiger partial charge in [0, 0.05) is 21.2 Å². The van der Waals surface area contributed by atoms with Crippen LogP contribution in [-0.2, 0) is 4.79 Å². The van der Waals surface area contributed by atoms with Gasteiger partial charge in [-0.1, -0.05) is 43.2 Å². The van der Waals surface area contributed by atoms with Gasteiger partial charge < -0.3 is 10.6 Å². The molecule has 2 aromatic carbocycles. The number of nitrogens with one attached hydrogen (secondary N) is 2. The molecule has 0 spiro atoms. The van der Waals surface area contributed by atoms with Crippen LogP contribution >= 0.6 is 11.3 Å². The highest BCUT2D eigenvalue weighted by molar-refractivity contribution is 7.17. The van der Waals surface area contributed by atoms with Gasteiger partial charge in [-0.2, -0.15) is 0 Å². The van der Waals surface area contributed by atoms with Crippen LogP contribution in [-0.4, -0.2) is 18.5 Å². The second kappa shape index (κ2) is 7.56. The maximum absolute atomic E-state index is 15.1. The van der Waals surface area contributed by atoms with Crippen molar-refractivity contribution in [3.05, 3.63) is 53.7 Å². The maximum atomic E-state index is 15.1. The lowest BCUT2D eigenvalue weighted by Crippen LogP contribution is -2.40. The van der Waals surface area contributed by atoms with Crippen molar-refractivity contribution in [3.8, 4) is 11.1 Å². The normalized spacial score (nSPS) is 17.8. The Morgan fingerprint density at radius 2 is 1.96 bits per heavy atom. The molecule has 0 bridgehead atoms. The van der Waals surface area contributed by atoms with Gasteiger partial charge in [0.25, 0.3) is 0 Å². The second-order valence-electron chi connectivity index (χ2n) is 6.66. The van der Waals surface area contributed by atoms with E-state index in [1.54, 1.807) is 29.5 Å². The summed E-state index contributed by atoms with van der Waals surface area (Å²) in [4.78, 5) is 12.5. The topological polar surface area (TPSA) is 41.1 Å². The van der Waals surface area contributed by atoms with E-state index in [1.165, 1.54) is 0 Å². The van der Waals surface area contributed by atoms with Gasteiger partial charge >= 0.3 is 0 Å². The zero-order valence-electron chi connectivity index (χ0n) is 14.4. The molecule has 4 rings (SSSR count). The number of fused-ring (bicyclic) bond motifs is 1. The Morgan fingerprint density at radius 3 is 2.88 bits per heavy atom. The molecule has 1 aliphatic heterocycles. The van der Waals surface area contributed by atoms with E-state index in [-0.39, 0.29) is 23.5 Å². The summed E-state index contributed by atoms with van der Waals surface area (Å²) in [7, 11) is 0. The Kier molecular flexibility index (Phi) is 5.00. The lowest BCUT2D eigenvalue weighted by Gasteiger charge is -2.16. The number of amides is 1. The molecule has 3 nitrogen and oxygen atoms in total. The summed E-state index contributed by atoms with van der Waals surface area (Å²) in [5.41, 5.74) is 1.63. The first-order chi connectivity index (χ1) is 12.7. The van der Waals surface area contributed by atoms with Crippen molar-refractivity contribution in [1.82, 2.24) is 5.32 Å². The van der Waals surface area contributed by atoms with Crippen molar-refractivity contribution >= 4 is 33.0 Å². The molecule has 2 heterocycles. The molecule has 1 atom stereocenters. The largest absolute Gasteiger partial charge is 0.322 e. The molecule has 0 aliphatic carbocycles. The molecule has 134 valence electrons. The second-order valence-corrected chi connectivity index (χ2v) is 7.57. The highest BCUT2D eigenvalue weighted by Gasteiger charge is 2.21. The Bertz CT molecular complexity index is 929. The Balaban J connectivity index is 1.62. The maximum Gasteiger partial charge on any atom is 0.241 e. The Morgan fingerprint density at radius 1 is 1.08 bits per heavy atom. The molecule has 1 aliphatic rings. The number of thiophene rings is 1. The number of anilines is 1. The Hall–Kier alpha value is -2.24. The van der Waals surface area contributed by atoms with Gasteiger partial charge in [-0.25, -0.2) is 4.39 Å². The molecule has 2 N–H and O–H groups in total. The van der Waals surface area contributed by atoms with E-state index in [2.05, 4.69) is 10.6 Å². The van der Waals surface area contributed by atoms with Crippen LogP contribution < -0.4 is 10.6 Å². The highest BCUT2D eigenvalue weighted by Crippen LogP contribution is 2.36. The van der Waals surface area contributed by atoms with Crippen LogP contribution in [0.15, 0.2) is 47.8 Å². The van der Waals surface area contributed by atoms with Gasteiger partial charge in [-0.15, -0.1) is 11.3 Å². The van der Waals surface area contributed by atoms with Gasteiger partial charge in [0.2, 0.25) is 5.91 Å². The minimum absolute atomic E-state index is 0.155. The molecule has 1 fully saturated rings. The molecule has 0 radical (unpaired) electrons.